The number of likely N-dealkylation sites (tertiary alicyclic amines) is 1. The normalized spacial score (nSPS) is 20.2. The first-order valence-electron chi connectivity index (χ1n) is 11.6. The molecule has 0 unspecified atom stereocenters. The van der Waals surface area contributed by atoms with Crippen molar-refractivity contribution < 1.29 is 4.79 Å². The van der Waals surface area contributed by atoms with Crippen LogP contribution >= 0.6 is 11.6 Å². The van der Waals surface area contributed by atoms with E-state index >= 15 is 0 Å². The average Bonchev–Trinajstić information content (AvgIpc) is 3.22. The largest absolute Gasteiger partial charge is 0.353 e. The van der Waals surface area contributed by atoms with E-state index in [9.17, 15) is 4.79 Å². The van der Waals surface area contributed by atoms with Crippen molar-refractivity contribution in [2.24, 2.45) is 0 Å². The molecule has 1 aliphatic heterocycles. The minimum absolute atomic E-state index is 0.0984. The van der Waals surface area contributed by atoms with Crippen molar-refractivity contribution in [2.45, 2.75) is 77.3 Å². The molecular formula is C25H33ClN4O. The molecule has 1 amide bonds. The van der Waals surface area contributed by atoms with Gasteiger partial charge in [0, 0.05) is 47.0 Å². The van der Waals surface area contributed by atoms with Crippen molar-refractivity contribution >= 4 is 17.5 Å². The zero-order chi connectivity index (χ0) is 21.8. The minimum atomic E-state index is 0.0984. The van der Waals surface area contributed by atoms with E-state index in [1.807, 2.05) is 32.0 Å². The summed E-state index contributed by atoms with van der Waals surface area (Å²) in [6.07, 6.45) is 7.35. The van der Waals surface area contributed by atoms with Gasteiger partial charge in [-0.05, 0) is 51.3 Å². The zero-order valence-electron chi connectivity index (χ0n) is 18.7. The molecule has 1 atom stereocenters. The molecule has 1 saturated carbocycles. The third-order valence-electron chi connectivity index (χ3n) is 6.73. The van der Waals surface area contributed by atoms with Gasteiger partial charge in [-0.25, -0.2) is 9.97 Å². The Kier molecular flexibility index (Phi) is 7.24. The quantitative estimate of drug-likeness (QED) is 0.705. The van der Waals surface area contributed by atoms with Crippen LogP contribution in [0.25, 0.3) is 0 Å². The van der Waals surface area contributed by atoms with Gasteiger partial charge < -0.3 is 5.32 Å². The summed E-state index contributed by atoms with van der Waals surface area (Å²) in [6, 6.07) is 8.38. The number of hydrogen-bond donors (Lipinski definition) is 1. The molecule has 0 spiro atoms. The Balaban J connectivity index is 1.38. The molecule has 166 valence electrons. The lowest BCUT2D eigenvalue weighted by molar-refractivity contribution is -0.121. The van der Waals surface area contributed by atoms with Gasteiger partial charge in [-0.15, -0.1) is 0 Å². The average molecular weight is 441 g/mol. The van der Waals surface area contributed by atoms with Gasteiger partial charge in [-0.1, -0.05) is 49.1 Å². The van der Waals surface area contributed by atoms with Crippen LogP contribution in [0.2, 0.25) is 5.02 Å². The Bertz CT molecular complexity index is 902. The molecule has 1 N–H and O–H groups in total. The summed E-state index contributed by atoms with van der Waals surface area (Å²) in [5, 5.41) is 4.04. The number of amides is 1. The third kappa shape index (κ3) is 5.64. The second-order valence-corrected chi connectivity index (χ2v) is 9.53. The molecule has 1 aromatic heterocycles. The Morgan fingerprint density at radius 2 is 1.81 bits per heavy atom. The van der Waals surface area contributed by atoms with E-state index in [1.165, 1.54) is 19.3 Å². The molecule has 0 radical (unpaired) electrons. The topological polar surface area (TPSA) is 58.1 Å². The lowest BCUT2D eigenvalue weighted by atomic mass is 9.95. The molecule has 2 fully saturated rings. The van der Waals surface area contributed by atoms with Crippen molar-refractivity contribution in [3.8, 4) is 0 Å². The van der Waals surface area contributed by atoms with Crippen molar-refractivity contribution in [3.05, 3.63) is 57.6 Å². The molecule has 1 aliphatic carbocycles. The van der Waals surface area contributed by atoms with E-state index in [1.54, 1.807) is 0 Å². The first-order chi connectivity index (χ1) is 15.0. The molecular weight excluding hydrogens is 408 g/mol. The monoisotopic (exact) mass is 440 g/mol. The number of nitrogens with zero attached hydrogens (tertiary/aromatic N) is 3. The Morgan fingerprint density at radius 1 is 1.10 bits per heavy atom. The second-order valence-electron chi connectivity index (χ2n) is 9.12. The first kappa shape index (κ1) is 22.2. The number of rotatable bonds is 6. The van der Waals surface area contributed by atoms with Gasteiger partial charge in [0.05, 0.1) is 6.42 Å². The van der Waals surface area contributed by atoms with E-state index in [4.69, 9.17) is 21.6 Å². The molecule has 0 bridgehead atoms. The fraction of sp³-hybridized carbons (Fsp3) is 0.560. The number of hydrogen-bond acceptors (Lipinski definition) is 4. The molecule has 31 heavy (non-hydrogen) atoms. The summed E-state index contributed by atoms with van der Waals surface area (Å²) in [7, 11) is 0. The number of benzene rings is 1. The highest BCUT2D eigenvalue weighted by Crippen LogP contribution is 2.28. The van der Waals surface area contributed by atoms with E-state index in [-0.39, 0.29) is 5.91 Å². The Morgan fingerprint density at radius 3 is 2.52 bits per heavy atom. The summed E-state index contributed by atoms with van der Waals surface area (Å²) >= 11 is 6.33. The second kappa shape index (κ2) is 10.1. The summed E-state index contributed by atoms with van der Waals surface area (Å²) < 4.78 is 0. The van der Waals surface area contributed by atoms with E-state index in [0.717, 1.165) is 72.3 Å². The van der Waals surface area contributed by atoms with Crippen LogP contribution in [-0.4, -0.2) is 39.9 Å². The number of halogens is 1. The highest BCUT2D eigenvalue weighted by Gasteiger charge is 2.27. The zero-order valence-corrected chi connectivity index (χ0v) is 19.4. The molecule has 2 aliphatic rings. The van der Waals surface area contributed by atoms with Crippen molar-refractivity contribution in [2.75, 3.05) is 13.1 Å². The Labute approximate surface area is 190 Å². The van der Waals surface area contributed by atoms with Crippen LogP contribution in [0.5, 0.6) is 0 Å². The first-order valence-corrected chi connectivity index (χ1v) is 12.0. The van der Waals surface area contributed by atoms with Crippen LogP contribution in [0.1, 0.15) is 72.8 Å². The predicted molar refractivity (Wildman–Crippen MR) is 124 cm³/mol. The van der Waals surface area contributed by atoms with Gasteiger partial charge in [0.1, 0.15) is 5.82 Å². The fourth-order valence-corrected chi connectivity index (χ4v) is 5.14. The molecule has 2 aromatic rings. The van der Waals surface area contributed by atoms with Gasteiger partial charge in [-0.3, -0.25) is 9.69 Å². The summed E-state index contributed by atoms with van der Waals surface area (Å²) in [4.78, 5) is 24.7. The molecule has 6 heteroatoms. The van der Waals surface area contributed by atoms with E-state index in [2.05, 4.69) is 16.3 Å². The standard InChI is InChI=1S/C25H33ClN4O/c1-17-22(14-24(31)29-21-9-4-3-5-10-21)18(2)28-25(27-17)20-12-13-30(16-20)15-19-8-6-7-11-23(19)26/h6-8,11,20-21H,3-5,9-10,12-16H2,1-2H3,(H,29,31)/t20-/m1/s1. The van der Waals surface area contributed by atoms with Gasteiger partial charge in [0.15, 0.2) is 0 Å². The van der Waals surface area contributed by atoms with Crippen molar-refractivity contribution in [3.63, 3.8) is 0 Å². The summed E-state index contributed by atoms with van der Waals surface area (Å²) in [6.45, 7) is 6.83. The number of nitrogens with one attached hydrogen (secondary N) is 1. The van der Waals surface area contributed by atoms with Crippen LogP contribution in [0, 0.1) is 13.8 Å². The minimum Gasteiger partial charge on any atom is -0.353 e. The van der Waals surface area contributed by atoms with Crippen LogP contribution < -0.4 is 5.32 Å². The van der Waals surface area contributed by atoms with Gasteiger partial charge in [0.25, 0.3) is 0 Å². The molecule has 1 aromatic carbocycles. The predicted octanol–water partition coefficient (Wildman–Crippen LogP) is 4.73. The lowest BCUT2D eigenvalue weighted by Gasteiger charge is -2.23. The summed E-state index contributed by atoms with van der Waals surface area (Å²) in [5.74, 6) is 1.33. The highest BCUT2D eigenvalue weighted by atomic mass is 35.5. The third-order valence-corrected chi connectivity index (χ3v) is 7.10. The Hall–Kier alpha value is -1.98. The number of carbonyl (C=O) groups excluding carboxylic acids is 1. The highest BCUT2D eigenvalue weighted by molar-refractivity contribution is 6.31. The maximum absolute atomic E-state index is 12.6. The van der Waals surface area contributed by atoms with Crippen LogP contribution in [-0.2, 0) is 17.8 Å². The van der Waals surface area contributed by atoms with Crippen molar-refractivity contribution in [1.82, 2.24) is 20.2 Å². The molecule has 5 nitrogen and oxygen atoms in total. The van der Waals surface area contributed by atoms with Crippen LogP contribution in [0.3, 0.4) is 0 Å². The number of carbonyl (C=O) groups is 1. The molecule has 1 saturated heterocycles. The molecule has 2 heterocycles. The van der Waals surface area contributed by atoms with Crippen molar-refractivity contribution in [1.29, 1.82) is 0 Å². The SMILES string of the molecule is Cc1nc([C@@H]2CCN(Cc3ccccc3Cl)C2)nc(C)c1CC(=O)NC1CCCCC1. The van der Waals surface area contributed by atoms with Gasteiger partial charge in [0.2, 0.25) is 5.91 Å². The number of aromatic nitrogens is 2. The smallest absolute Gasteiger partial charge is 0.224 e. The van der Waals surface area contributed by atoms with Gasteiger partial charge in [-0.2, -0.15) is 0 Å². The van der Waals surface area contributed by atoms with E-state index < -0.39 is 0 Å². The van der Waals surface area contributed by atoms with E-state index in [0.29, 0.717) is 18.4 Å². The maximum atomic E-state index is 12.6. The maximum Gasteiger partial charge on any atom is 0.224 e. The van der Waals surface area contributed by atoms with Crippen LogP contribution in [0.4, 0.5) is 0 Å². The number of aryl methyl sites for hydroxylation is 2. The molecule has 4 rings (SSSR count). The fourth-order valence-electron chi connectivity index (χ4n) is 4.94. The van der Waals surface area contributed by atoms with Crippen LogP contribution in [0.15, 0.2) is 24.3 Å². The summed E-state index contributed by atoms with van der Waals surface area (Å²) in [5.41, 5.74) is 4.01. The lowest BCUT2D eigenvalue weighted by Crippen LogP contribution is -2.37. The van der Waals surface area contributed by atoms with Gasteiger partial charge >= 0.3 is 0 Å².